The van der Waals surface area contributed by atoms with E-state index in [9.17, 15) is 8.42 Å². The molecule has 2 aromatic rings. The standard InChI is InChI=1S/C11H11N2O2S.3C4H9.Sn/c1-9-8-10(2)13(12-9)16(14,15)11-6-4-3-5-7-11;3*1-3-4-2;/h3-7H,1-2H3;3*1,3-4H2,2H3;. The van der Waals surface area contributed by atoms with Crippen molar-refractivity contribution < 1.29 is 8.42 Å². The zero-order valence-electron chi connectivity index (χ0n) is 18.9. The summed E-state index contributed by atoms with van der Waals surface area (Å²) in [5, 5.41) is 4.63. The zero-order valence-corrected chi connectivity index (χ0v) is 22.5. The van der Waals surface area contributed by atoms with Crippen LogP contribution in [0.1, 0.15) is 70.7 Å². The van der Waals surface area contributed by atoms with Crippen molar-refractivity contribution in [2.45, 2.75) is 91.3 Å². The molecular weight excluding hydrogens is 487 g/mol. The molecule has 2 rings (SSSR count). The molecule has 0 aliphatic rings. The SMILES string of the molecule is CCC[CH2][Sn]([CH2]CCC)([CH2]CCC)[c]1c(C)nn(S(=O)(=O)c2ccccc2)c1C. The number of aromatic nitrogens is 2. The van der Waals surface area contributed by atoms with Gasteiger partial charge in [-0.3, -0.25) is 0 Å². The van der Waals surface area contributed by atoms with Crippen LogP contribution in [0.3, 0.4) is 0 Å². The first-order valence-electron chi connectivity index (χ1n) is 11.2. The van der Waals surface area contributed by atoms with Gasteiger partial charge in [0.25, 0.3) is 0 Å². The third-order valence-electron chi connectivity index (χ3n) is 6.08. The van der Waals surface area contributed by atoms with E-state index in [1.165, 1.54) is 59.5 Å². The van der Waals surface area contributed by atoms with Crippen molar-refractivity contribution in [3.05, 3.63) is 41.7 Å². The van der Waals surface area contributed by atoms with Crippen molar-refractivity contribution in [2.75, 3.05) is 0 Å². The average Bonchev–Trinajstić information content (AvgIpc) is 3.04. The number of aryl methyl sites for hydroxylation is 1. The molecule has 0 fully saturated rings. The minimum absolute atomic E-state index is 0.314. The number of hydrogen-bond acceptors (Lipinski definition) is 3. The molecule has 162 valence electrons. The molecule has 0 atom stereocenters. The molecule has 0 bridgehead atoms. The second-order valence-corrected chi connectivity index (χ2v) is 23.1. The second kappa shape index (κ2) is 11.0. The van der Waals surface area contributed by atoms with E-state index >= 15 is 0 Å². The van der Waals surface area contributed by atoms with E-state index in [1.54, 1.807) is 24.3 Å². The average molecular weight is 525 g/mol. The third-order valence-corrected chi connectivity index (χ3v) is 24.1. The first kappa shape index (κ1) is 24.4. The van der Waals surface area contributed by atoms with Gasteiger partial charge in [0.15, 0.2) is 0 Å². The Morgan fingerprint density at radius 2 is 1.34 bits per heavy atom. The molecule has 1 aromatic heterocycles. The van der Waals surface area contributed by atoms with Gasteiger partial charge in [-0.05, 0) is 0 Å². The van der Waals surface area contributed by atoms with Crippen LogP contribution in [0.4, 0.5) is 0 Å². The van der Waals surface area contributed by atoms with Crippen LogP contribution in [0.25, 0.3) is 0 Å². The summed E-state index contributed by atoms with van der Waals surface area (Å²) < 4.78 is 33.3. The van der Waals surface area contributed by atoms with E-state index in [-0.39, 0.29) is 0 Å². The first-order chi connectivity index (χ1) is 13.8. The van der Waals surface area contributed by atoms with Gasteiger partial charge in [0.2, 0.25) is 0 Å². The molecule has 6 heteroatoms. The molecule has 1 aromatic carbocycles. The summed E-state index contributed by atoms with van der Waals surface area (Å²) in [4.78, 5) is 0.314. The zero-order chi connectivity index (χ0) is 21.5. The van der Waals surface area contributed by atoms with Gasteiger partial charge < -0.3 is 0 Å². The van der Waals surface area contributed by atoms with Crippen LogP contribution in [0.5, 0.6) is 0 Å². The molecule has 0 saturated carbocycles. The van der Waals surface area contributed by atoms with Crippen LogP contribution in [0.15, 0.2) is 35.2 Å². The topological polar surface area (TPSA) is 52.0 Å². The molecule has 0 N–H and O–H groups in total. The molecule has 0 saturated heterocycles. The van der Waals surface area contributed by atoms with Gasteiger partial charge in [0.1, 0.15) is 0 Å². The summed E-state index contributed by atoms with van der Waals surface area (Å²) in [7, 11) is -3.65. The minimum atomic E-state index is -3.65. The molecule has 0 radical (unpaired) electrons. The van der Waals surface area contributed by atoms with E-state index in [1.807, 2.05) is 19.9 Å². The van der Waals surface area contributed by atoms with E-state index in [2.05, 4.69) is 25.9 Å². The van der Waals surface area contributed by atoms with Crippen molar-refractivity contribution in [1.82, 2.24) is 9.19 Å². The Morgan fingerprint density at radius 3 is 1.79 bits per heavy atom. The molecule has 0 amide bonds. The Balaban J connectivity index is 2.62. The Hall–Kier alpha value is -0.821. The first-order valence-corrected chi connectivity index (χ1v) is 20.1. The quantitative estimate of drug-likeness (QED) is 0.330. The molecule has 1 heterocycles. The van der Waals surface area contributed by atoms with Crippen LogP contribution in [-0.2, 0) is 10.0 Å². The Kier molecular flexibility index (Phi) is 9.26. The molecule has 0 aliphatic carbocycles. The van der Waals surface area contributed by atoms with Gasteiger partial charge in [0.05, 0.1) is 0 Å². The van der Waals surface area contributed by atoms with E-state index in [0.717, 1.165) is 11.4 Å². The van der Waals surface area contributed by atoms with Gasteiger partial charge >= 0.3 is 183 Å². The van der Waals surface area contributed by atoms with Crippen LogP contribution < -0.4 is 3.58 Å². The van der Waals surface area contributed by atoms with Crippen molar-refractivity contribution in [1.29, 1.82) is 0 Å². The van der Waals surface area contributed by atoms with E-state index < -0.39 is 28.4 Å². The summed E-state index contributed by atoms with van der Waals surface area (Å²) in [5.74, 6) is 0. The van der Waals surface area contributed by atoms with Crippen molar-refractivity contribution in [2.24, 2.45) is 0 Å². The Labute approximate surface area is 182 Å². The fraction of sp³-hybridized carbons (Fsp3) is 0.609. The van der Waals surface area contributed by atoms with Crippen LogP contribution in [0, 0.1) is 13.8 Å². The fourth-order valence-electron chi connectivity index (χ4n) is 4.61. The number of unbranched alkanes of at least 4 members (excludes halogenated alkanes) is 3. The van der Waals surface area contributed by atoms with Crippen LogP contribution >= 0.6 is 0 Å². The molecule has 29 heavy (non-hydrogen) atoms. The van der Waals surface area contributed by atoms with Crippen molar-refractivity contribution in [3.8, 4) is 0 Å². The Bertz CT molecular complexity index is 854. The summed E-state index contributed by atoms with van der Waals surface area (Å²) in [6.07, 6.45) is 7.35. The predicted molar refractivity (Wildman–Crippen MR) is 125 cm³/mol. The predicted octanol–water partition coefficient (Wildman–Crippen LogP) is 5.79. The molecule has 4 nitrogen and oxygen atoms in total. The van der Waals surface area contributed by atoms with Crippen molar-refractivity contribution in [3.63, 3.8) is 0 Å². The number of nitrogens with zero attached hydrogens (tertiary/aromatic N) is 2. The molecule has 0 spiro atoms. The van der Waals surface area contributed by atoms with Gasteiger partial charge in [0, 0.05) is 0 Å². The number of rotatable bonds is 12. The van der Waals surface area contributed by atoms with Gasteiger partial charge in [-0.1, -0.05) is 0 Å². The third kappa shape index (κ3) is 5.46. The van der Waals surface area contributed by atoms with Gasteiger partial charge in [-0.2, -0.15) is 0 Å². The normalized spacial score (nSPS) is 12.4. The fourth-order valence-corrected chi connectivity index (χ4v) is 24.2. The monoisotopic (exact) mass is 526 g/mol. The summed E-state index contributed by atoms with van der Waals surface area (Å²) in [6.45, 7) is 10.8. The van der Waals surface area contributed by atoms with Crippen LogP contribution in [-0.4, -0.2) is 36.0 Å². The number of benzene rings is 1. The molecule has 0 unspecified atom stereocenters. The molecular formula is C23H38N2O2SSn. The number of hydrogen-bond donors (Lipinski definition) is 0. The maximum absolute atomic E-state index is 13.3. The van der Waals surface area contributed by atoms with Crippen LogP contribution in [0.2, 0.25) is 13.3 Å². The van der Waals surface area contributed by atoms with E-state index in [0.29, 0.717) is 4.90 Å². The second-order valence-electron chi connectivity index (χ2n) is 8.30. The van der Waals surface area contributed by atoms with E-state index in [4.69, 9.17) is 0 Å². The Morgan fingerprint density at radius 1 is 0.862 bits per heavy atom. The summed E-state index contributed by atoms with van der Waals surface area (Å²) in [6, 6.07) is 8.70. The van der Waals surface area contributed by atoms with Gasteiger partial charge in [-0.25, -0.2) is 0 Å². The maximum atomic E-state index is 13.3. The summed E-state index contributed by atoms with van der Waals surface area (Å²) >= 11 is -2.77. The van der Waals surface area contributed by atoms with Crippen molar-refractivity contribution >= 4 is 32.0 Å². The summed E-state index contributed by atoms with van der Waals surface area (Å²) in [5.41, 5.74) is 1.84. The molecule has 0 aliphatic heterocycles. The van der Waals surface area contributed by atoms with Gasteiger partial charge in [-0.15, -0.1) is 0 Å².